The van der Waals surface area contributed by atoms with Crippen molar-refractivity contribution < 1.29 is 19.1 Å². The first-order valence-corrected chi connectivity index (χ1v) is 4.76. The van der Waals surface area contributed by atoms with Crippen LogP contribution in [0.15, 0.2) is 5.70 Å². The maximum atomic E-state index is 11.6. The average Bonchev–Trinajstić information content (AvgIpc) is 2.15. The van der Waals surface area contributed by atoms with Crippen LogP contribution in [0.5, 0.6) is 0 Å². The largest absolute Gasteiger partial charge is 0.443 e. The lowest BCUT2D eigenvalue weighted by atomic mass is 10.2. The molecule has 1 saturated heterocycles. The van der Waals surface area contributed by atoms with Gasteiger partial charge in [-0.3, -0.25) is 4.90 Å². The highest BCUT2D eigenvalue weighted by molar-refractivity contribution is 5.74. The first kappa shape index (κ1) is 11.8. The van der Waals surface area contributed by atoms with Crippen molar-refractivity contribution >= 4 is 12.0 Å². The third kappa shape index (κ3) is 3.38. The summed E-state index contributed by atoms with van der Waals surface area (Å²) in [7, 11) is 0. The van der Waals surface area contributed by atoms with E-state index in [2.05, 4.69) is 0 Å². The fraction of sp³-hybridized carbons (Fsp3) is 0.700. The summed E-state index contributed by atoms with van der Waals surface area (Å²) in [6.07, 6.45) is -0.524. The van der Waals surface area contributed by atoms with Crippen LogP contribution in [0.4, 0.5) is 4.79 Å². The number of nitrogens with zero attached hydrogens (tertiary/aromatic N) is 1. The summed E-state index contributed by atoms with van der Waals surface area (Å²) in [5, 5.41) is 0. The summed E-state index contributed by atoms with van der Waals surface area (Å²) >= 11 is 0. The Morgan fingerprint density at radius 2 is 2.20 bits per heavy atom. The molecule has 0 bridgehead atoms. The van der Waals surface area contributed by atoms with Gasteiger partial charge < -0.3 is 9.47 Å². The van der Waals surface area contributed by atoms with Crippen molar-refractivity contribution in [3.63, 3.8) is 0 Å². The molecule has 15 heavy (non-hydrogen) atoms. The van der Waals surface area contributed by atoms with E-state index in [0.29, 0.717) is 13.2 Å². The van der Waals surface area contributed by atoms with Crippen molar-refractivity contribution in [1.82, 2.24) is 4.90 Å². The Balaban J connectivity index is 2.69. The quantitative estimate of drug-likeness (QED) is 0.562. The van der Waals surface area contributed by atoms with Crippen LogP contribution in [0.3, 0.4) is 0 Å². The lowest BCUT2D eigenvalue weighted by Crippen LogP contribution is -2.42. The second-order valence-electron chi connectivity index (χ2n) is 4.23. The van der Waals surface area contributed by atoms with Gasteiger partial charge in [0, 0.05) is 0 Å². The Kier molecular flexibility index (Phi) is 3.50. The molecule has 0 N–H and O–H groups in total. The number of ether oxygens (including phenoxy) is 2. The van der Waals surface area contributed by atoms with Gasteiger partial charge in [-0.15, -0.1) is 0 Å². The van der Waals surface area contributed by atoms with Gasteiger partial charge in [0.2, 0.25) is 0 Å². The third-order valence-electron chi connectivity index (χ3n) is 1.76. The van der Waals surface area contributed by atoms with E-state index in [-0.39, 0.29) is 12.3 Å². The smallest absolute Gasteiger partial charge is 0.415 e. The molecule has 1 amide bonds. The van der Waals surface area contributed by atoms with E-state index < -0.39 is 11.7 Å². The molecule has 0 radical (unpaired) electrons. The first-order valence-electron chi connectivity index (χ1n) is 4.76. The summed E-state index contributed by atoms with van der Waals surface area (Å²) in [4.78, 5) is 23.4. The zero-order valence-electron chi connectivity index (χ0n) is 9.20. The van der Waals surface area contributed by atoms with Gasteiger partial charge in [0.25, 0.3) is 0 Å². The molecular formula is C10H15NO4. The topological polar surface area (TPSA) is 55.8 Å². The number of carbonyl (C=O) groups is 1. The van der Waals surface area contributed by atoms with Gasteiger partial charge in [-0.1, -0.05) is 0 Å². The Morgan fingerprint density at radius 3 is 2.73 bits per heavy atom. The molecule has 1 rings (SSSR count). The molecule has 5 heteroatoms. The van der Waals surface area contributed by atoms with Crippen molar-refractivity contribution in [2.24, 2.45) is 0 Å². The van der Waals surface area contributed by atoms with Crippen molar-refractivity contribution in [3.05, 3.63) is 5.70 Å². The molecule has 0 unspecified atom stereocenters. The van der Waals surface area contributed by atoms with Crippen LogP contribution in [0.2, 0.25) is 0 Å². The van der Waals surface area contributed by atoms with E-state index in [4.69, 9.17) is 9.47 Å². The summed E-state index contributed by atoms with van der Waals surface area (Å²) in [6.45, 7) is 6.17. The van der Waals surface area contributed by atoms with Crippen LogP contribution in [-0.2, 0) is 14.3 Å². The molecule has 84 valence electrons. The monoisotopic (exact) mass is 213 g/mol. The van der Waals surface area contributed by atoms with Crippen LogP contribution >= 0.6 is 0 Å². The Morgan fingerprint density at radius 1 is 1.53 bits per heavy atom. The van der Waals surface area contributed by atoms with Gasteiger partial charge in [0.1, 0.15) is 17.2 Å². The normalized spacial score (nSPS) is 17.3. The van der Waals surface area contributed by atoms with Gasteiger partial charge in [0.15, 0.2) is 0 Å². The van der Waals surface area contributed by atoms with Gasteiger partial charge in [-0.25, -0.2) is 9.59 Å². The number of carbonyl (C=O) groups excluding carboxylic acids is 2. The van der Waals surface area contributed by atoms with Crippen molar-refractivity contribution in [2.45, 2.75) is 26.4 Å². The minimum Gasteiger partial charge on any atom is -0.443 e. The number of rotatable bonds is 0. The molecule has 1 aliphatic heterocycles. The van der Waals surface area contributed by atoms with Crippen molar-refractivity contribution in [1.29, 1.82) is 0 Å². The summed E-state index contributed by atoms with van der Waals surface area (Å²) < 4.78 is 10.2. The lowest BCUT2D eigenvalue weighted by molar-refractivity contribution is 0.0104. The zero-order valence-corrected chi connectivity index (χ0v) is 9.20. The maximum absolute atomic E-state index is 11.6. The first-order chi connectivity index (χ1) is 6.94. The molecule has 1 heterocycles. The van der Waals surface area contributed by atoms with Crippen LogP contribution < -0.4 is 0 Å². The predicted octanol–water partition coefficient (Wildman–Crippen LogP) is 0.969. The minimum absolute atomic E-state index is 0.114. The van der Waals surface area contributed by atoms with E-state index in [9.17, 15) is 9.59 Å². The predicted molar refractivity (Wildman–Crippen MR) is 53.0 cm³/mol. The zero-order chi connectivity index (χ0) is 11.5. The Labute approximate surface area is 88.6 Å². The molecule has 1 fully saturated rings. The highest BCUT2D eigenvalue weighted by atomic mass is 16.6. The molecule has 0 spiro atoms. The fourth-order valence-electron chi connectivity index (χ4n) is 1.14. The van der Waals surface area contributed by atoms with E-state index in [1.54, 1.807) is 26.7 Å². The van der Waals surface area contributed by atoms with Crippen LogP contribution in [0, 0.1) is 0 Å². The van der Waals surface area contributed by atoms with E-state index >= 15 is 0 Å². The molecular weight excluding hydrogens is 198 g/mol. The second kappa shape index (κ2) is 4.47. The van der Waals surface area contributed by atoms with Gasteiger partial charge >= 0.3 is 6.09 Å². The molecule has 0 saturated carbocycles. The SMILES string of the molecule is CC(C)(C)OC(=O)N1CCOCC1=C=O. The summed E-state index contributed by atoms with van der Waals surface area (Å²) in [6, 6.07) is 0. The van der Waals surface area contributed by atoms with E-state index in [0.717, 1.165) is 0 Å². The maximum Gasteiger partial charge on any atom is 0.415 e. The molecule has 0 atom stereocenters. The minimum atomic E-state index is -0.566. The van der Waals surface area contributed by atoms with Gasteiger partial charge in [-0.05, 0) is 20.8 Å². The van der Waals surface area contributed by atoms with E-state index in [1.807, 2.05) is 0 Å². The lowest BCUT2D eigenvalue weighted by Gasteiger charge is -2.29. The Bertz CT molecular complexity index is 299. The van der Waals surface area contributed by atoms with Crippen molar-refractivity contribution in [3.8, 4) is 0 Å². The Hall–Kier alpha value is -1.32. The van der Waals surface area contributed by atoms with Crippen LogP contribution in [0.1, 0.15) is 20.8 Å². The number of morpholine rings is 1. The van der Waals surface area contributed by atoms with Gasteiger partial charge in [-0.2, -0.15) is 0 Å². The summed E-state index contributed by atoms with van der Waals surface area (Å²) in [5.74, 6) is 1.69. The fourth-order valence-corrected chi connectivity index (χ4v) is 1.14. The number of hydrogen-bond donors (Lipinski definition) is 0. The highest BCUT2D eigenvalue weighted by Crippen LogP contribution is 2.14. The van der Waals surface area contributed by atoms with E-state index in [1.165, 1.54) is 4.90 Å². The number of amides is 1. The van der Waals surface area contributed by atoms with Crippen LogP contribution in [0.25, 0.3) is 0 Å². The average molecular weight is 213 g/mol. The molecule has 0 aromatic rings. The standard InChI is InChI=1S/C10H15NO4/c1-10(2,3)15-9(13)11-4-5-14-7-8(11)6-12/h4-5,7H2,1-3H3. The summed E-state index contributed by atoms with van der Waals surface area (Å²) in [5.41, 5.74) is -0.376. The molecule has 0 aliphatic carbocycles. The molecule has 0 aromatic carbocycles. The molecule has 1 aliphatic rings. The van der Waals surface area contributed by atoms with Crippen LogP contribution in [-0.4, -0.2) is 42.3 Å². The second-order valence-corrected chi connectivity index (χ2v) is 4.23. The highest BCUT2D eigenvalue weighted by Gasteiger charge is 2.27. The number of hydrogen-bond acceptors (Lipinski definition) is 4. The van der Waals surface area contributed by atoms with Gasteiger partial charge in [0.05, 0.1) is 19.8 Å². The molecule has 0 aromatic heterocycles. The third-order valence-corrected chi connectivity index (χ3v) is 1.76. The van der Waals surface area contributed by atoms with Crippen molar-refractivity contribution in [2.75, 3.05) is 19.8 Å². The molecule has 5 nitrogen and oxygen atoms in total.